The molecular weight excluding hydrogens is 288 g/mol. The first kappa shape index (κ1) is 13.7. The molecule has 1 saturated carbocycles. The van der Waals surface area contributed by atoms with Gasteiger partial charge in [-0.15, -0.1) is 0 Å². The number of anilines is 1. The summed E-state index contributed by atoms with van der Waals surface area (Å²) >= 11 is 0. The first-order chi connectivity index (χ1) is 9.79. The number of nitrogen functional groups attached to an aromatic ring is 2. The second kappa shape index (κ2) is 4.37. The molecule has 0 spiro atoms. The third-order valence-corrected chi connectivity index (χ3v) is 3.46. The normalized spacial score (nSPS) is 15.4. The molecule has 4 N–H and O–H groups in total. The molecule has 0 bridgehead atoms. The predicted octanol–water partition coefficient (Wildman–Crippen LogP) is 2.88. The van der Waals surface area contributed by atoms with Crippen LogP contribution in [0.3, 0.4) is 0 Å². The highest BCUT2D eigenvalue weighted by Gasteiger charge is 2.37. The number of aromatic nitrogens is 2. The van der Waals surface area contributed by atoms with E-state index in [-0.39, 0.29) is 23.0 Å². The second-order valence-electron chi connectivity index (χ2n) is 5.04. The summed E-state index contributed by atoms with van der Waals surface area (Å²) in [4.78, 5) is 4.14. The molecule has 1 aromatic carbocycles. The van der Waals surface area contributed by atoms with Crippen LogP contribution in [0, 0.1) is 5.82 Å². The van der Waals surface area contributed by atoms with Crippen molar-refractivity contribution >= 4 is 5.82 Å². The third kappa shape index (κ3) is 2.30. The van der Waals surface area contributed by atoms with Gasteiger partial charge in [0.15, 0.2) is 5.82 Å². The number of nitrogens with two attached hydrogens (primary N) is 2. The molecule has 112 valence electrons. The molecule has 0 atom stereocenters. The lowest BCUT2D eigenvalue weighted by atomic mass is 10.0. The van der Waals surface area contributed by atoms with Crippen molar-refractivity contribution in [1.29, 1.82) is 0 Å². The van der Waals surface area contributed by atoms with Crippen LogP contribution in [-0.2, 0) is 6.18 Å². The molecule has 0 aliphatic heterocycles. The van der Waals surface area contributed by atoms with Gasteiger partial charge in [0.05, 0.1) is 5.56 Å². The van der Waals surface area contributed by atoms with Crippen molar-refractivity contribution in [2.24, 2.45) is 0 Å². The van der Waals surface area contributed by atoms with Crippen LogP contribution < -0.4 is 11.6 Å². The van der Waals surface area contributed by atoms with Gasteiger partial charge in [0.25, 0.3) is 0 Å². The molecule has 4 nitrogen and oxygen atoms in total. The van der Waals surface area contributed by atoms with Crippen LogP contribution in [0.5, 0.6) is 0 Å². The molecule has 8 heteroatoms. The van der Waals surface area contributed by atoms with E-state index in [0.29, 0.717) is 11.9 Å². The minimum absolute atomic E-state index is 0.0611. The Morgan fingerprint density at radius 2 is 1.90 bits per heavy atom. The summed E-state index contributed by atoms with van der Waals surface area (Å²) in [5.41, 5.74) is 4.32. The molecule has 0 unspecified atom stereocenters. The molecule has 1 aliphatic rings. The van der Waals surface area contributed by atoms with Crippen LogP contribution in [-0.4, -0.2) is 9.66 Å². The van der Waals surface area contributed by atoms with Crippen LogP contribution in [0.4, 0.5) is 23.4 Å². The van der Waals surface area contributed by atoms with Crippen molar-refractivity contribution in [2.45, 2.75) is 24.9 Å². The zero-order valence-corrected chi connectivity index (χ0v) is 10.8. The lowest BCUT2D eigenvalue weighted by molar-refractivity contribution is -0.137. The van der Waals surface area contributed by atoms with E-state index < -0.39 is 17.6 Å². The van der Waals surface area contributed by atoms with E-state index in [2.05, 4.69) is 4.98 Å². The highest BCUT2D eigenvalue weighted by molar-refractivity contribution is 5.74. The lowest BCUT2D eigenvalue weighted by Gasteiger charge is -2.12. The van der Waals surface area contributed by atoms with Crippen molar-refractivity contribution < 1.29 is 17.6 Å². The average molecular weight is 300 g/mol. The van der Waals surface area contributed by atoms with E-state index >= 15 is 0 Å². The Morgan fingerprint density at radius 3 is 2.48 bits per heavy atom. The molecule has 1 fully saturated rings. The number of benzene rings is 1. The summed E-state index contributed by atoms with van der Waals surface area (Å²) in [5.74, 6) is 5.29. The van der Waals surface area contributed by atoms with E-state index in [1.807, 2.05) is 0 Å². The molecule has 0 saturated heterocycles. The summed E-state index contributed by atoms with van der Waals surface area (Å²) in [6.07, 6.45) is -2.95. The van der Waals surface area contributed by atoms with Gasteiger partial charge in [0, 0.05) is 11.5 Å². The van der Waals surface area contributed by atoms with Gasteiger partial charge in [0.2, 0.25) is 0 Å². The number of imidazole rings is 1. The number of halogens is 4. The Kier molecular flexibility index (Phi) is 2.86. The minimum Gasteiger partial charge on any atom is -0.382 e. The Labute approximate surface area is 117 Å². The SMILES string of the molecule is Nc1c(-c2ccc(F)cc2C(F)(F)F)nc(C2CC2)n1N. The Balaban J connectivity index is 2.19. The Morgan fingerprint density at radius 1 is 1.24 bits per heavy atom. The first-order valence-corrected chi connectivity index (χ1v) is 6.29. The fourth-order valence-electron chi connectivity index (χ4n) is 2.25. The third-order valence-electron chi connectivity index (χ3n) is 3.46. The number of alkyl halides is 3. The second-order valence-corrected chi connectivity index (χ2v) is 5.04. The highest BCUT2D eigenvalue weighted by atomic mass is 19.4. The standard InChI is InChI=1S/C13H12F4N4/c14-7-3-4-8(9(5-7)13(15,16)17)10-11(18)21(19)12(20-10)6-1-2-6/h3-6H,1-2,18-19H2. The van der Waals surface area contributed by atoms with Crippen LogP contribution in [0.25, 0.3) is 11.3 Å². The zero-order chi connectivity index (χ0) is 15.4. The van der Waals surface area contributed by atoms with Crippen molar-refractivity contribution in [2.75, 3.05) is 11.6 Å². The topological polar surface area (TPSA) is 69.9 Å². The predicted molar refractivity (Wildman–Crippen MR) is 69.2 cm³/mol. The van der Waals surface area contributed by atoms with Crippen molar-refractivity contribution in [1.82, 2.24) is 9.66 Å². The first-order valence-electron chi connectivity index (χ1n) is 6.29. The molecule has 0 amide bonds. The monoisotopic (exact) mass is 300 g/mol. The lowest BCUT2D eigenvalue weighted by Crippen LogP contribution is -2.15. The smallest absolute Gasteiger partial charge is 0.382 e. The molecule has 1 aromatic heterocycles. The molecule has 3 rings (SSSR count). The van der Waals surface area contributed by atoms with Crippen LogP contribution in [0.2, 0.25) is 0 Å². The summed E-state index contributed by atoms with van der Waals surface area (Å²) in [6, 6.07) is 2.39. The van der Waals surface area contributed by atoms with Crippen LogP contribution in [0.15, 0.2) is 18.2 Å². The number of rotatable bonds is 2. The number of hydrogen-bond acceptors (Lipinski definition) is 3. The van der Waals surface area contributed by atoms with Crippen molar-refractivity contribution in [3.8, 4) is 11.3 Å². The summed E-state index contributed by atoms with van der Waals surface area (Å²) in [7, 11) is 0. The van der Waals surface area contributed by atoms with Crippen molar-refractivity contribution in [3.63, 3.8) is 0 Å². The van der Waals surface area contributed by atoms with Crippen LogP contribution in [0.1, 0.15) is 30.1 Å². The number of nitrogens with zero attached hydrogens (tertiary/aromatic N) is 2. The van der Waals surface area contributed by atoms with E-state index in [0.717, 1.165) is 29.7 Å². The van der Waals surface area contributed by atoms with Gasteiger partial charge >= 0.3 is 6.18 Å². The highest BCUT2D eigenvalue weighted by Crippen LogP contribution is 2.43. The van der Waals surface area contributed by atoms with Gasteiger partial charge in [-0.3, -0.25) is 0 Å². The Bertz CT molecular complexity index is 701. The average Bonchev–Trinajstić information content (AvgIpc) is 3.19. The Hall–Kier alpha value is -2.25. The molecule has 21 heavy (non-hydrogen) atoms. The molecule has 1 aliphatic carbocycles. The van der Waals surface area contributed by atoms with Gasteiger partial charge in [-0.2, -0.15) is 13.2 Å². The molecule has 2 aromatic rings. The van der Waals surface area contributed by atoms with E-state index in [1.54, 1.807) is 0 Å². The van der Waals surface area contributed by atoms with Gasteiger partial charge in [-0.1, -0.05) is 0 Å². The molecule has 1 heterocycles. The molecule has 0 radical (unpaired) electrons. The van der Waals surface area contributed by atoms with E-state index in [9.17, 15) is 17.6 Å². The summed E-state index contributed by atoms with van der Waals surface area (Å²) in [5, 5.41) is 0. The van der Waals surface area contributed by atoms with Crippen molar-refractivity contribution in [3.05, 3.63) is 35.4 Å². The fourth-order valence-corrected chi connectivity index (χ4v) is 2.25. The van der Waals surface area contributed by atoms with Gasteiger partial charge in [-0.25, -0.2) is 14.1 Å². The summed E-state index contributed by atoms with van der Waals surface area (Å²) < 4.78 is 53.4. The maximum atomic E-state index is 13.1. The van der Waals surface area contributed by atoms with E-state index in [4.69, 9.17) is 11.6 Å². The van der Waals surface area contributed by atoms with Gasteiger partial charge in [-0.05, 0) is 31.0 Å². The number of hydrogen-bond donors (Lipinski definition) is 2. The van der Waals surface area contributed by atoms with Gasteiger partial charge < -0.3 is 11.6 Å². The summed E-state index contributed by atoms with van der Waals surface area (Å²) in [6.45, 7) is 0. The van der Waals surface area contributed by atoms with E-state index in [1.165, 1.54) is 0 Å². The zero-order valence-electron chi connectivity index (χ0n) is 10.8. The van der Waals surface area contributed by atoms with Crippen LogP contribution >= 0.6 is 0 Å². The fraction of sp³-hybridized carbons (Fsp3) is 0.308. The molecular formula is C13H12F4N4. The largest absolute Gasteiger partial charge is 0.417 e. The quantitative estimate of drug-likeness (QED) is 0.662. The maximum absolute atomic E-state index is 13.1. The minimum atomic E-state index is -4.71. The van der Waals surface area contributed by atoms with Gasteiger partial charge in [0.1, 0.15) is 17.3 Å². The maximum Gasteiger partial charge on any atom is 0.417 e.